The molecule has 0 radical (unpaired) electrons. The van der Waals surface area contributed by atoms with Crippen molar-refractivity contribution < 1.29 is 4.79 Å². The molecule has 0 aromatic heterocycles. The smallest absolute Gasteiger partial charge is 0.221 e. The number of nitrogens with one attached hydrogen (secondary N) is 2. The number of rotatable bonds is 6. The molecule has 1 unspecified atom stereocenters. The van der Waals surface area contributed by atoms with Crippen molar-refractivity contribution in [2.45, 2.75) is 46.2 Å². The summed E-state index contributed by atoms with van der Waals surface area (Å²) >= 11 is 0. The first kappa shape index (κ1) is 13.7. The van der Waals surface area contributed by atoms with E-state index < -0.39 is 0 Å². The van der Waals surface area contributed by atoms with Crippen molar-refractivity contribution in [1.29, 1.82) is 0 Å². The first-order chi connectivity index (χ1) is 8.11. The third-order valence-corrected chi connectivity index (χ3v) is 2.65. The lowest BCUT2D eigenvalue weighted by molar-refractivity contribution is -0.114. The summed E-state index contributed by atoms with van der Waals surface area (Å²) < 4.78 is 0. The quantitative estimate of drug-likeness (QED) is 0.794. The number of carbonyl (C=O) groups is 1. The minimum Gasteiger partial charge on any atom is -0.326 e. The molecule has 0 aliphatic rings. The van der Waals surface area contributed by atoms with Gasteiger partial charge in [0, 0.05) is 25.2 Å². The molecule has 0 aliphatic carbocycles. The molecule has 2 N–H and O–H groups in total. The van der Waals surface area contributed by atoms with E-state index in [9.17, 15) is 4.79 Å². The van der Waals surface area contributed by atoms with Gasteiger partial charge >= 0.3 is 0 Å². The molecule has 1 amide bonds. The molecule has 0 saturated heterocycles. The molecule has 0 spiro atoms. The normalized spacial score (nSPS) is 12.2. The third-order valence-electron chi connectivity index (χ3n) is 2.65. The second-order valence-corrected chi connectivity index (χ2v) is 4.45. The van der Waals surface area contributed by atoms with Crippen LogP contribution in [0.4, 0.5) is 5.69 Å². The van der Waals surface area contributed by atoms with Gasteiger partial charge in [0.1, 0.15) is 0 Å². The lowest BCUT2D eigenvalue weighted by Crippen LogP contribution is -2.25. The van der Waals surface area contributed by atoms with Crippen molar-refractivity contribution in [3.05, 3.63) is 29.8 Å². The number of carbonyl (C=O) groups excluding carboxylic acids is 1. The van der Waals surface area contributed by atoms with Crippen LogP contribution in [-0.4, -0.2) is 11.9 Å². The van der Waals surface area contributed by atoms with Gasteiger partial charge in [-0.15, -0.1) is 0 Å². The first-order valence-corrected chi connectivity index (χ1v) is 6.21. The number of hydrogen-bond donors (Lipinski definition) is 2. The second kappa shape index (κ2) is 7.07. The number of amides is 1. The highest BCUT2D eigenvalue weighted by molar-refractivity contribution is 5.88. The van der Waals surface area contributed by atoms with E-state index in [2.05, 4.69) is 24.5 Å². The van der Waals surface area contributed by atoms with E-state index in [4.69, 9.17) is 0 Å². The van der Waals surface area contributed by atoms with Crippen LogP contribution in [0.1, 0.15) is 39.2 Å². The minimum absolute atomic E-state index is 0.0348. The molecule has 1 aromatic rings. The Kier molecular flexibility index (Phi) is 5.70. The van der Waals surface area contributed by atoms with Crippen LogP contribution >= 0.6 is 0 Å². The van der Waals surface area contributed by atoms with Crippen LogP contribution in [0.15, 0.2) is 24.3 Å². The van der Waals surface area contributed by atoms with E-state index in [1.165, 1.54) is 25.3 Å². The van der Waals surface area contributed by atoms with Crippen LogP contribution < -0.4 is 10.6 Å². The molecule has 0 heterocycles. The van der Waals surface area contributed by atoms with Crippen molar-refractivity contribution in [2.75, 3.05) is 5.32 Å². The zero-order chi connectivity index (χ0) is 12.7. The van der Waals surface area contributed by atoms with Crippen molar-refractivity contribution in [2.24, 2.45) is 0 Å². The van der Waals surface area contributed by atoms with Gasteiger partial charge in [-0.1, -0.05) is 25.5 Å². The average molecular weight is 234 g/mol. The van der Waals surface area contributed by atoms with Gasteiger partial charge in [-0.3, -0.25) is 4.79 Å². The fraction of sp³-hybridized carbons (Fsp3) is 0.500. The van der Waals surface area contributed by atoms with Gasteiger partial charge in [-0.2, -0.15) is 0 Å². The van der Waals surface area contributed by atoms with Crippen LogP contribution in [0.5, 0.6) is 0 Å². The zero-order valence-electron chi connectivity index (χ0n) is 10.9. The fourth-order valence-corrected chi connectivity index (χ4v) is 1.74. The van der Waals surface area contributed by atoms with E-state index in [1.807, 2.05) is 24.3 Å². The molecule has 94 valence electrons. The predicted molar refractivity (Wildman–Crippen MR) is 72.0 cm³/mol. The maximum Gasteiger partial charge on any atom is 0.221 e. The van der Waals surface area contributed by atoms with Crippen molar-refractivity contribution in [1.82, 2.24) is 5.32 Å². The molecule has 0 fully saturated rings. The third kappa shape index (κ3) is 5.50. The lowest BCUT2D eigenvalue weighted by atomic mass is 10.1. The van der Waals surface area contributed by atoms with Gasteiger partial charge in [-0.05, 0) is 31.0 Å². The Morgan fingerprint density at radius 2 is 1.94 bits per heavy atom. The largest absolute Gasteiger partial charge is 0.326 e. The van der Waals surface area contributed by atoms with Gasteiger partial charge in [0.05, 0.1) is 0 Å². The Balaban J connectivity index is 2.42. The zero-order valence-corrected chi connectivity index (χ0v) is 10.9. The van der Waals surface area contributed by atoms with Crippen molar-refractivity contribution in [3.8, 4) is 0 Å². The summed E-state index contributed by atoms with van der Waals surface area (Å²) in [5.41, 5.74) is 2.09. The average Bonchev–Trinajstić information content (AvgIpc) is 2.28. The van der Waals surface area contributed by atoms with Crippen molar-refractivity contribution in [3.63, 3.8) is 0 Å². The molecule has 0 aliphatic heterocycles. The van der Waals surface area contributed by atoms with Gasteiger partial charge in [0.2, 0.25) is 5.91 Å². The van der Waals surface area contributed by atoms with Gasteiger partial charge in [0.15, 0.2) is 0 Å². The second-order valence-electron chi connectivity index (χ2n) is 4.45. The first-order valence-electron chi connectivity index (χ1n) is 6.21. The topological polar surface area (TPSA) is 41.1 Å². The van der Waals surface area contributed by atoms with Gasteiger partial charge in [0.25, 0.3) is 0 Å². The molecule has 17 heavy (non-hydrogen) atoms. The SMILES string of the molecule is CCCC(C)NCc1ccc(NC(C)=O)cc1. The Hall–Kier alpha value is -1.35. The van der Waals surface area contributed by atoms with Crippen LogP contribution in [-0.2, 0) is 11.3 Å². The summed E-state index contributed by atoms with van der Waals surface area (Å²) in [6, 6.07) is 8.50. The van der Waals surface area contributed by atoms with E-state index in [0.717, 1.165) is 12.2 Å². The molecule has 1 aromatic carbocycles. The van der Waals surface area contributed by atoms with Crippen molar-refractivity contribution >= 4 is 11.6 Å². The molecule has 0 bridgehead atoms. The maximum atomic E-state index is 10.9. The minimum atomic E-state index is -0.0348. The van der Waals surface area contributed by atoms with Gasteiger partial charge in [-0.25, -0.2) is 0 Å². The summed E-state index contributed by atoms with van der Waals surface area (Å²) in [5, 5.41) is 6.23. The molecule has 1 rings (SSSR count). The van der Waals surface area contributed by atoms with Crippen LogP contribution in [0.3, 0.4) is 0 Å². The number of anilines is 1. The fourth-order valence-electron chi connectivity index (χ4n) is 1.74. The summed E-state index contributed by atoms with van der Waals surface area (Å²) in [4.78, 5) is 10.9. The summed E-state index contributed by atoms with van der Waals surface area (Å²) in [6.07, 6.45) is 2.40. The van der Waals surface area contributed by atoms with Crippen LogP contribution in [0.2, 0.25) is 0 Å². The summed E-state index contributed by atoms with van der Waals surface area (Å²) in [6.45, 7) is 6.79. The Bertz CT molecular complexity index is 346. The summed E-state index contributed by atoms with van der Waals surface area (Å²) in [5.74, 6) is -0.0348. The molecule has 3 heteroatoms. The highest BCUT2D eigenvalue weighted by Crippen LogP contribution is 2.09. The van der Waals surface area contributed by atoms with E-state index >= 15 is 0 Å². The van der Waals surface area contributed by atoms with Gasteiger partial charge < -0.3 is 10.6 Å². The van der Waals surface area contributed by atoms with Crippen LogP contribution in [0, 0.1) is 0 Å². The molecule has 1 atom stereocenters. The monoisotopic (exact) mass is 234 g/mol. The maximum absolute atomic E-state index is 10.9. The standard InChI is InChI=1S/C14H22N2O/c1-4-5-11(2)15-10-13-6-8-14(9-7-13)16-12(3)17/h6-9,11,15H,4-5,10H2,1-3H3,(H,16,17). The Labute approximate surface area is 104 Å². The molecular formula is C14H22N2O. The Morgan fingerprint density at radius 3 is 2.47 bits per heavy atom. The molecule has 0 saturated carbocycles. The highest BCUT2D eigenvalue weighted by atomic mass is 16.1. The van der Waals surface area contributed by atoms with Crippen LogP contribution in [0.25, 0.3) is 0 Å². The number of benzene rings is 1. The summed E-state index contributed by atoms with van der Waals surface area (Å²) in [7, 11) is 0. The molecular weight excluding hydrogens is 212 g/mol. The predicted octanol–water partition coefficient (Wildman–Crippen LogP) is 2.92. The Morgan fingerprint density at radius 1 is 1.29 bits per heavy atom. The van der Waals surface area contributed by atoms with E-state index in [0.29, 0.717) is 6.04 Å². The highest BCUT2D eigenvalue weighted by Gasteiger charge is 2.00. The lowest BCUT2D eigenvalue weighted by Gasteiger charge is -2.12. The molecule has 3 nitrogen and oxygen atoms in total. The van der Waals surface area contributed by atoms with E-state index in [1.54, 1.807) is 0 Å². The van der Waals surface area contributed by atoms with E-state index in [-0.39, 0.29) is 5.91 Å². The number of hydrogen-bond acceptors (Lipinski definition) is 2.